The lowest BCUT2D eigenvalue weighted by molar-refractivity contribution is 0.241. The molecule has 0 saturated heterocycles. The van der Waals surface area contributed by atoms with Crippen molar-refractivity contribution in [1.29, 1.82) is 0 Å². The minimum Gasteiger partial charge on any atom is -0.491 e. The van der Waals surface area contributed by atoms with Gasteiger partial charge in [-0.25, -0.2) is 0 Å². The fraction of sp³-hybridized carbons (Fsp3) is 0.286. The minimum absolute atomic E-state index is 0.205. The summed E-state index contributed by atoms with van der Waals surface area (Å²) in [4.78, 5) is 0. The number of hydrogen-bond donors (Lipinski definition) is 1. The van der Waals surface area contributed by atoms with Crippen molar-refractivity contribution in [1.82, 2.24) is 0 Å². The van der Waals surface area contributed by atoms with E-state index in [4.69, 9.17) is 10.5 Å². The summed E-state index contributed by atoms with van der Waals surface area (Å²) in [7, 11) is 0. The van der Waals surface area contributed by atoms with Crippen molar-refractivity contribution in [2.45, 2.75) is 26.9 Å². The summed E-state index contributed by atoms with van der Waals surface area (Å²) in [5, 5.41) is 2.92. The molecule has 0 atom stereocenters. The molecule has 0 radical (unpaired) electrons. The largest absolute Gasteiger partial charge is 0.491 e. The first kappa shape index (κ1) is 12.0. The third kappa shape index (κ3) is 2.80. The van der Waals surface area contributed by atoms with Gasteiger partial charge in [0.1, 0.15) is 5.75 Å². The summed E-state index contributed by atoms with van der Waals surface area (Å²) >= 11 is 1.57. The third-order valence-electron chi connectivity index (χ3n) is 2.49. The Morgan fingerprint density at radius 1 is 1.18 bits per heavy atom. The summed E-state index contributed by atoms with van der Waals surface area (Å²) in [5.41, 5.74) is 9.26. The second-order valence-corrected chi connectivity index (χ2v) is 5.33. The molecule has 0 spiro atoms. The van der Waals surface area contributed by atoms with Gasteiger partial charge in [0, 0.05) is 5.38 Å². The summed E-state index contributed by atoms with van der Waals surface area (Å²) in [6.45, 7) is 6.14. The number of nitrogen functional groups attached to an aromatic ring is 1. The molecule has 0 saturated carbocycles. The van der Waals surface area contributed by atoms with E-state index in [0.29, 0.717) is 0 Å². The van der Waals surface area contributed by atoms with Gasteiger partial charge in [-0.1, -0.05) is 6.07 Å². The molecule has 1 heterocycles. The van der Waals surface area contributed by atoms with E-state index in [1.165, 1.54) is 11.1 Å². The van der Waals surface area contributed by atoms with Crippen molar-refractivity contribution in [3.8, 4) is 16.9 Å². The monoisotopic (exact) mass is 247 g/mol. The van der Waals surface area contributed by atoms with Crippen LogP contribution in [0.2, 0.25) is 0 Å². The maximum Gasteiger partial charge on any atom is 0.122 e. The predicted octanol–water partition coefficient (Wildman–Crippen LogP) is 4.09. The van der Waals surface area contributed by atoms with Crippen LogP contribution in [0, 0.1) is 6.92 Å². The summed E-state index contributed by atoms with van der Waals surface area (Å²) in [6, 6.07) is 8.24. The Labute approximate surface area is 106 Å². The van der Waals surface area contributed by atoms with Gasteiger partial charge in [0.25, 0.3) is 0 Å². The van der Waals surface area contributed by atoms with Crippen LogP contribution in [0.25, 0.3) is 11.1 Å². The van der Waals surface area contributed by atoms with Crippen molar-refractivity contribution in [2.24, 2.45) is 0 Å². The number of ether oxygens (including phenoxy) is 1. The molecule has 0 aliphatic rings. The molecule has 2 N–H and O–H groups in total. The number of nitrogens with two attached hydrogens (primary N) is 1. The van der Waals surface area contributed by atoms with Gasteiger partial charge in [0.15, 0.2) is 0 Å². The number of hydrogen-bond acceptors (Lipinski definition) is 3. The van der Waals surface area contributed by atoms with E-state index in [9.17, 15) is 0 Å². The zero-order valence-electron chi connectivity index (χ0n) is 10.4. The molecule has 90 valence electrons. The molecule has 0 fully saturated rings. The van der Waals surface area contributed by atoms with Crippen LogP contribution in [0.3, 0.4) is 0 Å². The Hall–Kier alpha value is -1.48. The third-order valence-corrected chi connectivity index (χ3v) is 3.25. The molecule has 0 amide bonds. The van der Waals surface area contributed by atoms with E-state index in [2.05, 4.69) is 24.4 Å². The molecule has 0 aliphatic heterocycles. The van der Waals surface area contributed by atoms with Crippen LogP contribution in [0.15, 0.2) is 29.6 Å². The van der Waals surface area contributed by atoms with Crippen molar-refractivity contribution in [3.05, 3.63) is 35.2 Å². The van der Waals surface area contributed by atoms with Crippen LogP contribution < -0.4 is 10.5 Å². The second-order valence-electron chi connectivity index (χ2n) is 4.38. The number of thiophene rings is 1. The van der Waals surface area contributed by atoms with Gasteiger partial charge in [0.05, 0.1) is 11.1 Å². The summed E-state index contributed by atoms with van der Waals surface area (Å²) in [5.74, 6) is 0.951. The number of benzene rings is 1. The van der Waals surface area contributed by atoms with Crippen LogP contribution in [-0.4, -0.2) is 6.10 Å². The lowest BCUT2D eigenvalue weighted by Crippen LogP contribution is -2.06. The quantitative estimate of drug-likeness (QED) is 0.886. The van der Waals surface area contributed by atoms with Crippen LogP contribution >= 0.6 is 11.3 Å². The normalized spacial score (nSPS) is 10.8. The molecule has 2 rings (SSSR count). The van der Waals surface area contributed by atoms with Gasteiger partial charge in [0.2, 0.25) is 0 Å². The van der Waals surface area contributed by atoms with Gasteiger partial charge in [-0.2, -0.15) is 0 Å². The second kappa shape index (κ2) is 4.80. The molecular formula is C14H17NOS. The van der Waals surface area contributed by atoms with Crippen LogP contribution in [0.1, 0.15) is 19.4 Å². The molecule has 2 aromatic rings. The maximum absolute atomic E-state index is 5.74. The van der Waals surface area contributed by atoms with E-state index in [1.54, 1.807) is 11.3 Å². The first-order valence-electron chi connectivity index (χ1n) is 5.68. The molecule has 0 aliphatic carbocycles. The Kier molecular flexibility index (Phi) is 3.38. The average Bonchev–Trinajstić information content (AvgIpc) is 2.67. The van der Waals surface area contributed by atoms with Crippen LogP contribution in [0.4, 0.5) is 5.00 Å². The topological polar surface area (TPSA) is 35.2 Å². The highest BCUT2D eigenvalue weighted by molar-refractivity contribution is 7.14. The standard InChI is InChI=1S/C14H17NOS/c1-9(2)16-13-5-4-11(6-10(13)3)12-7-14(15)17-8-12/h4-9H,15H2,1-3H3. The molecular weight excluding hydrogens is 230 g/mol. The van der Waals surface area contributed by atoms with E-state index in [0.717, 1.165) is 16.3 Å². The SMILES string of the molecule is Cc1cc(-c2csc(N)c2)ccc1OC(C)C. The van der Waals surface area contributed by atoms with E-state index < -0.39 is 0 Å². The lowest BCUT2D eigenvalue weighted by atomic mass is 10.1. The fourth-order valence-corrected chi connectivity index (χ4v) is 2.38. The Morgan fingerprint density at radius 2 is 1.94 bits per heavy atom. The molecule has 3 heteroatoms. The Balaban J connectivity index is 2.30. The molecule has 2 nitrogen and oxygen atoms in total. The summed E-state index contributed by atoms with van der Waals surface area (Å²) < 4.78 is 5.72. The average molecular weight is 247 g/mol. The van der Waals surface area contributed by atoms with E-state index in [-0.39, 0.29) is 6.10 Å². The van der Waals surface area contributed by atoms with Crippen molar-refractivity contribution in [3.63, 3.8) is 0 Å². The lowest BCUT2D eigenvalue weighted by Gasteiger charge is -2.13. The molecule has 0 bridgehead atoms. The van der Waals surface area contributed by atoms with Crippen molar-refractivity contribution < 1.29 is 4.74 Å². The van der Waals surface area contributed by atoms with Gasteiger partial charge < -0.3 is 10.5 Å². The number of aryl methyl sites for hydroxylation is 1. The first-order chi connectivity index (χ1) is 8.06. The van der Waals surface area contributed by atoms with Crippen molar-refractivity contribution >= 4 is 16.3 Å². The zero-order chi connectivity index (χ0) is 12.4. The zero-order valence-corrected chi connectivity index (χ0v) is 11.2. The van der Waals surface area contributed by atoms with Crippen LogP contribution in [-0.2, 0) is 0 Å². The Morgan fingerprint density at radius 3 is 2.47 bits per heavy atom. The van der Waals surface area contributed by atoms with Crippen LogP contribution in [0.5, 0.6) is 5.75 Å². The molecule has 1 aromatic heterocycles. The molecule has 1 aromatic carbocycles. The number of rotatable bonds is 3. The highest BCUT2D eigenvalue weighted by atomic mass is 32.1. The number of anilines is 1. The summed E-state index contributed by atoms with van der Waals surface area (Å²) in [6.07, 6.45) is 0.205. The highest BCUT2D eigenvalue weighted by Crippen LogP contribution is 2.30. The Bertz CT molecular complexity index is 517. The minimum atomic E-state index is 0.205. The van der Waals surface area contributed by atoms with Gasteiger partial charge >= 0.3 is 0 Å². The molecule has 17 heavy (non-hydrogen) atoms. The fourth-order valence-electron chi connectivity index (χ4n) is 1.72. The van der Waals surface area contributed by atoms with E-state index >= 15 is 0 Å². The van der Waals surface area contributed by atoms with E-state index in [1.807, 2.05) is 26.0 Å². The predicted molar refractivity (Wildman–Crippen MR) is 74.7 cm³/mol. The molecule has 0 unspecified atom stereocenters. The maximum atomic E-state index is 5.74. The van der Waals surface area contributed by atoms with Gasteiger partial charge in [-0.3, -0.25) is 0 Å². The van der Waals surface area contributed by atoms with Crippen molar-refractivity contribution in [2.75, 3.05) is 5.73 Å². The van der Waals surface area contributed by atoms with Gasteiger partial charge in [-0.05, 0) is 55.7 Å². The van der Waals surface area contributed by atoms with Gasteiger partial charge in [-0.15, -0.1) is 11.3 Å². The highest BCUT2D eigenvalue weighted by Gasteiger charge is 2.06. The smallest absolute Gasteiger partial charge is 0.122 e. The first-order valence-corrected chi connectivity index (χ1v) is 6.56.